The van der Waals surface area contributed by atoms with Gasteiger partial charge in [0, 0.05) is 60.8 Å². The van der Waals surface area contributed by atoms with E-state index in [1.165, 1.54) is 42.5 Å². The van der Waals surface area contributed by atoms with Crippen molar-refractivity contribution in [3.63, 3.8) is 0 Å². The van der Waals surface area contributed by atoms with Crippen LogP contribution in [0.5, 0.6) is 0 Å². The van der Waals surface area contributed by atoms with Gasteiger partial charge >= 0.3 is 0 Å². The van der Waals surface area contributed by atoms with Crippen molar-refractivity contribution in [2.24, 2.45) is 0 Å². The molecule has 2 aliphatic rings. The Labute approximate surface area is 302 Å². The zero-order chi connectivity index (χ0) is 37.9. The van der Waals surface area contributed by atoms with E-state index < -0.39 is 5.82 Å². The van der Waals surface area contributed by atoms with E-state index in [2.05, 4.69) is 31.0 Å². The van der Waals surface area contributed by atoms with E-state index in [-0.39, 0.29) is 58.9 Å². The summed E-state index contributed by atoms with van der Waals surface area (Å²) >= 11 is 0. The van der Waals surface area contributed by atoms with Crippen LogP contribution in [0.3, 0.4) is 0 Å². The standard InChI is InChI=1S/2C18H21FN4O2.C2H6/c1-11(2)15-9-16(22-21-15)18(25)23-8-7-14(10-23)20-17(24)12-3-5-13(19)6-4-12;1-11(2)15-9-16(22-21-15)18(25)23-7-6-14(10-23)20-17(24)12-4-3-5-13(19)8-12;1-2/h3-6,9,11,14H,7-8,10H2,1-2H3,(H,20,24)(H,21,22);3-5,8-9,11,14H,6-7,10H2,1-2H3,(H,20,24)(H,21,22);1-2H3. The molecule has 6 rings (SSSR count). The number of carbonyl (C=O) groups excluding carboxylic acids is 4. The van der Waals surface area contributed by atoms with Crippen molar-refractivity contribution in [2.75, 3.05) is 26.2 Å². The summed E-state index contributed by atoms with van der Waals surface area (Å²) in [5, 5.41) is 19.7. The lowest BCUT2D eigenvalue weighted by molar-refractivity contribution is 0.0773. The molecule has 0 bridgehead atoms. The summed E-state index contributed by atoms with van der Waals surface area (Å²) in [7, 11) is 0. The minimum absolute atomic E-state index is 0.120. The maximum atomic E-state index is 13.2. The van der Waals surface area contributed by atoms with Crippen LogP contribution in [0, 0.1) is 11.6 Å². The van der Waals surface area contributed by atoms with E-state index in [1.54, 1.807) is 28.0 Å². The number of carbonyl (C=O) groups is 4. The number of amides is 4. The lowest BCUT2D eigenvalue weighted by atomic mass is 10.1. The number of aromatic nitrogens is 4. The number of benzene rings is 2. The molecule has 2 fully saturated rings. The molecule has 0 saturated carbocycles. The fourth-order valence-corrected chi connectivity index (χ4v) is 5.70. The first kappa shape index (κ1) is 39.4. The number of likely N-dealkylation sites (tertiary alicyclic amines) is 2. The zero-order valence-electron chi connectivity index (χ0n) is 30.5. The molecule has 4 heterocycles. The number of nitrogens with zero attached hydrogens (tertiary/aromatic N) is 4. The Morgan fingerprint density at radius 3 is 1.56 bits per heavy atom. The second-order valence-corrected chi connectivity index (χ2v) is 13.2. The quantitative estimate of drug-likeness (QED) is 0.184. The smallest absolute Gasteiger partial charge is 0.274 e. The third-order valence-corrected chi connectivity index (χ3v) is 8.69. The maximum Gasteiger partial charge on any atom is 0.274 e. The molecule has 0 aliphatic carbocycles. The molecule has 2 atom stereocenters. The molecule has 4 amide bonds. The fourth-order valence-electron chi connectivity index (χ4n) is 5.70. The van der Waals surface area contributed by atoms with Gasteiger partial charge in [-0.15, -0.1) is 0 Å². The minimum Gasteiger partial charge on any atom is -0.347 e. The third-order valence-electron chi connectivity index (χ3n) is 8.69. The average Bonchev–Trinajstić information content (AvgIpc) is 3.97. The van der Waals surface area contributed by atoms with Crippen LogP contribution < -0.4 is 10.6 Å². The summed E-state index contributed by atoms with van der Waals surface area (Å²) in [6, 6.07) is 14.2. The predicted octanol–water partition coefficient (Wildman–Crippen LogP) is 5.66. The molecule has 2 aliphatic heterocycles. The van der Waals surface area contributed by atoms with E-state index >= 15 is 0 Å². The molecule has 4 aromatic rings. The monoisotopic (exact) mass is 718 g/mol. The van der Waals surface area contributed by atoms with Crippen LogP contribution in [0.15, 0.2) is 60.7 Å². The van der Waals surface area contributed by atoms with Crippen molar-refractivity contribution < 1.29 is 28.0 Å². The van der Waals surface area contributed by atoms with Crippen LogP contribution in [0.2, 0.25) is 0 Å². The Morgan fingerprint density at radius 1 is 0.673 bits per heavy atom. The van der Waals surface area contributed by atoms with Gasteiger partial charge in [-0.25, -0.2) is 8.78 Å². The number of halogens is 2. The van der Waals surface area contributed by atoms with Gasteiger partial charge in [0.15, 0.2) is 0 Å². The van der Waals surface area contributed by atoms with Crippen LogP contribution in [0.1, 0.15) is 119 Å². The number of rotatable bonds is 8. The van der Waals surface area contributed by atoms with Crippen molar-refractivity contribution >= 4 is 23.6 Å². The van der Waals surface area contributed by atoms with Crippen LogP contribution in [-0.4, -0.2) is 92.1 Å². The van der Waals surface area contributed by atoms with Gasteiger partial charge in [0.1, 0.15) is 23.0 Å². The molecule has 2 aromatic carbocycles. The van der Waals surface area contributed by atoms with Crippen molar-refractivity contribution in [2.45, 2.75) is 78.3 Å². The average molecular weight is 719 g/mol. The van der Waals surface area contributed by atoms with Crippen LogP contribution in [0.4, 0.5) is 8.78 Å². The van der Waals surface area contributed by atoms with Gasteiger partial charge in [0.05, 0.1) is 0 Å². The van der Waals surface area contributed by atoms with Crippen molar-refractivity contribution in [3.05, 3.63) is 106 Å². The third kappa shape index (κ3) is 10.3. The number of aromatic amines is 2. The molecule has 14 heteroatoms. The predicted molar refractivity (Wildman–Crippen MR) is 193 cm³/mol. The van der Waals surface area contributed by atoms with E-state index in [9.17, 15) is 28.0 Å². The highest BCUT2D eigenvalue weighted by atomic mass is 19.1. The Hall–Kier alpha value is -5.40. The minimum atomic E-state index is -0.449. The highest BCUT2D eigenvalue weighted by Crippen LogP contribution is 2.19. The largest absolute Gasteiger partial charge is 0.347 e. The second kappa shape index (κ2) is 18.2. The number of nitrogens with one attached hydrogen (secondary N) is 4. The van der Waals surface area contributed by atoms with Gasteiger partial charge in [-0.2, -0.15) is 10.2 Å². The highest BCUT2D eigenvalue weighted by molar-refractivity contribution is 5.96. The van der Waals surface area contributed by atoms with Gasteiger partial charge < -0.3 is 20.4 Å². The van der Waals surface area contributed by atoms with E-state index in [0.29, 0.717) is 56.0 Å². The maximum absolute atomic E-state index is 13.2. The normalized spacial score (nSPS) is 16.6. The van der Waals surface area contributed by atoms with Crippen LogP contribution in [-0.2, 0) is 0 Å². The van der Waals surface area contributed by atoms with Crippen molar-refractivity contribution in [3.8, 4) is 0 Å². The summed E-state index contributed by atoms with van der Waals surface area (Å²) in [6.07, 6.45) is 1.34. The Morgan fingerprint density at radius 2 is 1.13 bits per heavy atom. The van der Waals surface area contributed by atoms with Gasteiger partial charge in [0.25, 0.3) is 23.6 Å². The fraction of sp³-hybridized carbons (Fsp3) is 0.421. The van der Waals surface area contributed by atoms with Gasteiger partial charge in [0.2, 0.25) is 0 Å². The highest BCUT2D eigenvalue weighted by Gasteiger charge is 2.31. The van der Waals surface area contributed by atoms with E-state index in [1.807, 2.05) is 41.5 Å². The molecule has 2 unspecified atom stereocenters. The summed E-state index contributed by atoms with van der Waals surface area (Å²) in [4.78, 5) is 52.7. The molecular formula is C38H48F2N8O4. The Kier molecular flexibility index (Phi) is 13.8. The number of H-pyrrole nitrogens is 2. The zero-order valence-corrected chi connectivity index (χ0v) is 30.5. The molecule has 12 nitrogen and oxygen atoms in total. The molecule has 52 heavy (non-hydrogen) atoms. The van der Waals surface area contributed by atoms with E-state index in [0.717, 1.165) is 11.4 Å². The van der Waals surface area contributed by atoms with Gasteiger partial charge in [-0.1, -0.05) is 47.6 Å². The van der Waals surface area contributed by atoms with Crippen LogP contribution >= 0.6 is 0 Å². The molecule has 0 spiro atoms. The number of hydrogen-bond donors (Lipinski definition) is 4. The van der Waals surface area contributed by atoms with E-state index in [4.69, 9.17) is 0 Å². The lowest BCUT2D eigenvalue weighted by Gasteiger charge is -2.16. The molecule has 2 aromatic heterocycles. The molecule has 278 valence electrons. The van der Waals surface area contributed by atoms with Crippen molar-refractivity contribution in [1.82, 2.24) is 40.8 Å². The van der Waals surface area contributed by atoms with Crippen LogP contribution in [0.25, 0.3) is 0 Å². The summed E-state index contributed by atoms with van der Waals surface area (Å²) < 4.78 is 26.1. The number of hydrogen-bond acceptors (Lipinski definition) is 6. The lowest BCUT2D eigenvalue weighted by Crippen LogP contribution is -2.38. The first-order valence-electron chi connectivity index (χ1n) is 17.7. The first-order valence-corrected chi connectivity index (χ1v) is 17.7. The topological polar surface area (TPSA) is 156 Å². The summed E-state index contributed by atoms with van der Waals surface area (Å²) in [5.74, 6) is -1.17. The van der Waals surface area contributed by atoms with Crippen molar-refractivity contribution in [1.29, 1.82) is 0 Å². The van der Waals surface area contributed by atoms with Gasteiger partial charge in [-0.05, 0) is 79.3 Å². The summed E-state index contributed by atoms with van der Waals surface area (Å²) in [5.41, 5.74) is 3.30. The SMILES string of the molecule is CC.CC(C)c1cc(C(=O)N2CCC(NC(=O)c3ccc(F)cc3)C2)n[nH]1.CC(C)c1cc(C(=O)N2CCC(NC(=O)c3cccc(F)c3)C2)n[nH]1. The summed E-state index contributed by atoms with van der Waals surface area (Å²) in [6.45, 7) is 14.1. The Balaban J connectivity index is 0.000000222. The Bertz CT molecular complexity index is 1820. The first-order chi connectivity index (χ1) is 24.9. The second-order valence-electron chi connectivity index (χ2n) is 13.2. The molecular weight excluding hydrogens is 670 g/mol. The molecule has 2 saturated heterocycles. The van der Waals surface area contributed by atoms with Gasteiger partial charge in [-0.3, -0.25) is 29.4 Å². The molecule has 0 radical (unpaired) electrons. The molecule has 4 N–H and O–H groups in total.